The molecule has 9 heteroatoms. The van der Waals surface area contributed by atoms with Crippen molar-refractivity contribution in [2.75, 3.05) is 26.2 Å². The van der Waals surface area contributed by atoms with Crippen LogP contribution in [-0.4, -0.2) is 49.7 Å². The van der Waals surface area contributed by atoms with Crippen LogP contribution in [0.5, 0.6) is 0 Å². The maximum atomic E-state index is 12.7. The van der Waals surface area contributed by atoms with E-state index in [-0.39, 0.29) is 23.9 Å². The van der Waals surface area contributed by atoms with Gasteiger partial charge in [-0.15, -0.1) is 0 Å². The van der Waals surface area contributed by atoms with E-state index in [4.69, 9.17) is 23.2 Å². The zero-order chi connectivity index (χ0) is 18.9. The summed E-state index contributed by atoms with van der Waals surface area (Å²) in [6, 6.07) is 11.3. The van der Waals surface area contributed by atoms with Crippen molar-refractivity contribution in [1.82, 2.24) is 9.21 Å². The van der Waals surface area contributed by atoms with Gasteiger partial charge < -0.3 is 4.90 Å². The van der Waals surface area contributed by atoms with Crippen molar-refractivity contribution < 1.29 is 13.2 Å². The highest BCUT2D eigenvalue weighted by molar-refractivity contribution is 9.10. The van der Waals surface area contributed by atoms with E-state index in [1.165, 1.54) is 10.4 Å². The van der Waals surface area contributed by atoms with Crippen LogP contribution >= 0.6 is 39.1 Å². The van der Waals surface area contributed by atoms with Gasteiger partial charge in [-0.1, -0.05) is 45.2 Å². The minimum absolute atomic E-state index is 0.192. The Morgan fingerprint density at radius 3 is 2.27 bits per heavy atom. The van der Waals surface area contributed by atoms with Crippen molar-refractivity contribution in [2.45, 2.75) is 4.90 Å². The quantitative estimate of drug-likeness (QED) is 0.673. The van der Waals surface area contributed by atoms with Gasteiger partial charge in [0, 0.05) is 36.2 Å². The molecule has 2 aromatic carbocycles. The summed E-state index contributed by atoms with van der Waals surface area (Å²) in [6.45, 7) is 1.10. The van der Waals surface area contributed by atoms with Crippen LogP contribution in [0.15, 0.2) is 51.8 Å². The molecule has 2 aromatic rings. The molecule has 0 bridgehead atoms. The Balaban J connectivity index is 1.70. The molecular formula is C17H15BrCl2N2O3S. The van der Waals surface area contributed by atoms with E-state index in [0.29, 0.717) is 33.2 Å². The minimum Gasteiger partial charge on any atom is -0.336 e. The molecule has 0 aliphatic carbocycles. The number of rotatable bonds is 3. The molecule has 3 rings (SSSR count). The normalized spacial score (nSPS) is 15.9. The molecule has 1 saturated heterocycles. The number of benzene rings is 2. The molecule has 1 aliphatic heterocycles. The first-order chi connectivity index (χ1) is 12.3. The van der Waals surface area contributed by atoms with Crippen LogP contribution in [0, 0.1) is 0 Å². The van der Waals surface area contributed by atoms with Gasteiger partial charge in [-0.2, -0.15) is 4.31 Å². The predicted octanol–water partition coefficient (Wildman–Crippen LogP) is 3.90. The molecule has 0 N–H and O–H groups in total. The fourth-order valence-corrected chi connectivity index (χ4v) is 5.04. The van der Waals surface area contributed by atoms with Gasteiger partial charge in [-0.05, 0) is 36.4 Å². The minimum atomic E-state index is -3.58. The van der Waals surface area contributed by atoms with Crippen molar-refractivity contribution in [3.63, 3.8) is 0 Å². The van der Waals surface area contributed by atoms with E-state index in [9.17, 15) is 13.2 Å². The molecular weight excluding hydrogens is 463 g/mol. The topological polar surface area (TPSA) is 57.7 Å². The second kappa shape index (κ2) is 7.86. The Hall–Kier alpha value is -1.12. The first kappa shape index (κ1) is 19.6. The standard InChI is InChI=1S/C17H15BrCl2N2O3S/c18-13-2-1-3-14(11-13)26(24,25)22-8-6-21(7-9-22)17(23)12-4-5-15(19)16(20)10-12/h1-5,10-11H,6-9H2. The summed E-state index contributed by atoms with van der Waals surface area (Å²) in [5.74, 6) is -0.192. The molecule has 26 heavy (non-hydrogen) atoms. The molecule has 0 spiro atoms. The summed E-state index contributed by atoms with van der Waals surface area (Å²) in [5.41, 5.74) is 0.433. The third kappa shape index (κ3) is 4.07. The molecule has 0 aromatic heterocycles. The van der Waals surface area contributed by atoms with Crippen molar-refractivity contribution in [2.24, 2.45) is 0 Å². The zero-order valence-corrected chi connectivity index (χ0v) is 17.4. The number of sulfonamides is 1. The second-order valence-corrected chi connectivity index (χ2v) is 9.45. The number of amides is 1. The Kier molecular flexibility index (Phi) is 5.94. The molecule has 1 amide bonds. The smallest absolute Gasteiger partial charge is 0.253 e. The Morgan fingerprint density at radius 1 is 0.962 bits per heavy atom. The zero-order valence-electron chi connectivity index (χ0n) is 13.5. The number of hydrogen-bond acceptors (Lipinski definition) is 3. The summed E-state index contributed by atoms with van der Waals surface area (Å²) >= 11 is 15.1. The largest absolute Gasteiger partial charge is 0.336 e. The maximum absolute atomic E-state index is 12.7. The fourth-order valence-electron chi connectivity index (χ4n) is 2.72. The summed E-state index contributed by atoms with van der Waals surface area (Å²) in [7, 11) is -3.58. The highest BCUT2D eigenvalue weighted by atomic mass is 79.9. The number of nitrogens with zero attached hydrogens (tertiary/aromatic N) is 2. The van der Waals surface area contributed by atoms with Crippen LogP contribution in [-0.2, 0) is 10.0 Å². The lowest BCUT2D eigenvalue weighted by atomic mass is 10.2. The summed E-state index contributed by atoms with van der Waals surface area (Å²) < 4.78 is 27.6. The number of halogens is 3. The Labute approximate surface area is 170 Å². The molecule has 1 fully saturated rings. The van der Waals surface area contributed by atoms with Gasteiger partial charge in [-0.3, -0.25) is 4.79 Å². The van der Waals surface area contributed by atoms with Crippen LogP contribution in [0.1, 0.15) is 10.4 Å². The van der Waals surface area contributed by atoms with E-state index >= 15 is 0 Å². The third-order valence-corrected chi connectivity index (χ3v) is 7.25. The third-order valence-electron chi connectivity index (χ3n) is 4.13. The molecule has 0 radical (unpaired) electrons. The van der Waals surface area contributed by atoms with Gasteiger partial charge in [0.25, 0.3) is 5.91 Å². The van der Waals surface area contributed by atoms with Crippen LogP contribution in [0.4, 0.5) is 0 Å². The Bertz CT molecular complexity index is 945. The predicted molar refractivity (Wildman–Crippen MR) is 105 cm³/mol. The molecule has 0 saturated carbocycles. The number of hydrogen-bond donors (Lipinski definition) is 0. The van der Waals surface area contributed by atoms with Crippen LogP contribution in [0.3, 0.4) is 0 Å². The van der Waals surface area contributed by atoms with Crippen molar-refractivity contribution in [3.05, 3.63) is 62.5 Å². The number of carbonyl (C=O) groups is 1. The average molecular weight is 478 g/mol. The highest BCUT2D eigenvalue weighted by Crippen LogP contribution is 2.24. The number of piperazine rings is 1. The van der Waals surface area contributed by atoms with Gasteiger partial charge in [0.15, 0.2) is 0 Å². The van der Waals surface area contributed by atoms with Gasteiger partial charge in [0.05, 0.1) is 14.9 Å². The van der Waals surface area contributed by atoms with Gasteiger partial charge in [0.1, 0.15) is 0 Å². The van der Waals surface area contributed by atoms with Gasteiger partial charge in [-0.25, -0.2) is 8.42 Å². The highest BCUT2D eigenvalue weighted by Gasteiger charge is 2.30. The molecule has 1 aliphatic rings. The molecule has 0 unspecified atom stereocenters. The lowest BCUT2D eigenvalue weighted by Crippen LogP contribution is -2.50. The van der Waals surface area contributed by atoms with Crippen molar-refractivity contribution >= 4 is 55.1 Å². The van der Waals surface area contributed by atoms with Crippen LogP contribution < -0.4 is 0 Å². The van der Waals surface area contributed by atoms with Gasteiger partial charge >= 0.3 is 0 Å². The lowest BCUT2D eigenvalue weighted by Gasteiger charge is -2.34. The van der Waals surface area contributed by atoms with Crippen LogP contribution in [0.2, 0.25) is 10.0 Å². The lowest BCUT2D eigenvalue weighted by molar-refractivity contribution is 0.0698. The van der Waals surface area contributed by atoms with E-state index in [1.807, 2.05) is 0 Å². The summed E-state index contributed by atoms with van der Waals surface area (Å²) in [6.07, 6.45) is 0. The van der Waals surface area contributed by atoms with E-state index in [1.54, 1.807) is 41.3 Å². The number of carbonyl (C=O) groups excluding carboxylic acids is 1. The molecule has 1 heterocycles. The average Bonchev–Trinajstić information content (AvgIpc) is 2.63. The van der Waals surface area contributed by atoms with E-state index in [2.05, 4.69) is 15.9 Å². The van der Waals surface area contributed by atoms with E-state index in [0.717, 1.165) is 0 Å². The maximum Gasteiger partial charge on any atom is 0.253 e. The summed E-state index contributed by atoms with van der Waals surface area (Å²) in [4.78, 5) is 14.4. The second-order valence-electron chi connectivity index (χ2n) is 5.78. The first-order valence-corrected chi connectivity index (χ1v) is 10.8. The van der Waals surface area contributed by atoms with Gasteiger partial charge in [0.2, 0.25) is 10.0 Å². The molecule has 138 valence electrons. The Morgan fingerprint density at radius 2 is 1.65 bits per heavy atom. The fraction of sp³-hybridized carbons (Fsp3) is 0.235. The van der Waals surface area contributed by atoms with Crippen molar-refractivity contribution in [3.8, 4) is 0 Å². The molecule has 5 nitrogen and oxygen atoms in total. The molecule has 0 atom stereocenters. The van der Waals surface area contributed by atoms with Crippen molar-refractivity contribution in [1.29, 1.82) is 0 Å². The summed E-state index contributed by atoms with van der Waals surface area (Å²) in [5, 5.41) is 0.696. The van der Waals surface area contributed by atoms with E-state index < -0.39 is 10.0 Å². The first-order valence-electron chi connectivity index (χ1n) is 7.79. The monoisotopic (exact) mass is 476 g/mol. The SMILES string of the molecule is O=C(c1ccc(Cl)c(Cl)c1)N1CCN(S(=O)(=O)c2cccc(Br)c2)CC1. The van der Waals surface area contributed by atoms with Crippen LogP contribution in [0.25, 0.3) is 0 Å².